The first-order valence-corrected chi connectivity index (χ1v) is 2.78. The van der Waals surface area contributed by atoms with Crippen molar-refractivity contribution in [3.63, 3.8) is 0 Å². The van der Waals surface area contributed by atoms with E-state index in [1.54, 1.807) is 7.11 Å². The summed E-state index contributed by atoms with van der Waals surface area (Å²) in [5.74, 6) is 1.09. The standard InChI is InChI=1S/C6H11NO/c1-7-4-3-6(5-7)8-2/h5H,3-4H2,1-2H3. The molecule has 1 heterocycles. The van der Waals surface area contributed by atoms with Crippen molar-refractivity contribution in [1.29, 1.82) is 0 Å². The molecule has 2 heteroatoms. The molecular formula is C6H11NO. The van der Waals surface area contributed by atoms with Crippen LogP contribution in [0.2, 0.25) is 0 Å². The minimum atomic E-state index is 1.06. The lowest BCUT2D eigenvalue weighted by Crippen LogP contribution is -2.04. The SMILES string of the molecule is COC1=CN(C)CC1. The molecule has 0 atom stereocenters. The summed E-state index contributed by atoms with van der Waals surface area (Å²) in [7, 11) is 3.76. The van der Waals surface area contributed by atoms with Gasteiger partial charge in [0.2, 0.25) is 0 Å². The number of hydrogen-bond acceptors (Lipinski definition) is 2. The van der Waals surface area contributed by atoms with Crippen LogP contribution in [0, 0.1) is 0 Å². The molecule has 46 valence electrons. The lowest BCUT2D eigenvalue weighted by atomic mass is 10.4. The van der Waals surface area contributed by atoms with E-state index in [2.05, 4.69) is 4.90 Å². The summed E-state index contributed by atoms with van der Waals surface area (Å²) in [5.41, 5.74) is 0. The van der Waals surface area contributed by atoms with Crippen molar-refractivity contribution in [2.24, 2.45) is 0 Å². The van der Waals surface area contributed by atoms with Gasteiger partial charge in [-0.15, -0.1) is 0 Å². The van der Waals surface area contributed by atoms with Crippen molar-refractivity contribution in [2.45, 2.75) is 6.42 Å². The van der Waals surface area contributed by atoms with Gasteiger partial charge in [0.05, 0.1) is 7.11 Å². The van der Waals surface area contributed by atoms with Crippen LogP contribution in [0.5, 0.6) is 0 Å². The van der Waals surface area contributed by atoms with Crippen LogP contribution in [0.1, 0.15) is 6.42 Å². The van der Waals surface area contributed by atoms with E-state index in [0.29, 0.717) is 0 Å². The first-order valence-electron chi connectivity index (χ1n) is 2.78. The third-order valence-electron chi connectivity index (χ3n) is 1.34. The molecule has 0 saturated heterocycles. The topological polar surface area (TPSA) is 12.5 Å². The molecule has 0 bridgehead atoms. The van der Waals surface area contributed by atoms with Crippen LogP contribution in [0.25, 0.3) is 0 Å². The number of methoxy groups -OCH3 is 1. The quantitative estimate of drug-likeness (QED) is 0.499. The minimum absolute atomic E-state index is 1.06. The molecule has 8 heavy (non-hydrogen) atoms. The number of hydrogen-bond donors (Lipinski definition) is 0. The largest absolute Gasteiger partial charge is 0.500 e. The zero-order valence-corrected chi connectivity index (χ0v) is 5.35. The van der Waals surface area contributed by atoms with Crippen molar-refractivity contribution in [3.05, 3.63) is 12.0 Å². The molecule has 0 radical (unpaired) electrons. The van der Waals surface area contributed by atoms with Crippen LogP contribution in [-0.4, -0.2) is 25.6 Å². The van der Waals surface area contributed by atoms with Gasteiger partial charge in [-0.05, 0) is 0 Å². The van der Waals surface area contributed by atoms with E-state index in [1.807, 2.05) is 13.2 Å². The molecule has 0 unspecified atom stereocenters. The molecule has 0 aromatic heterocycles. The Morgan fingerprint density at radius 1 is 1.75 bits per heavy atom. The molecule has 1 aliphatic rings. The summed E-state index contributed by atoms with van der Waals surface area (Å²) in [6.45, 7) is 1.10. The van der Waals surface area contributed by atoms with Crippen molar-refractivity contribution < 1.29 is 4.74 Å². The molecule has 0 aromatic carbocycles. The van der Waals surface area contributed by atoms with Gasteiger partial charge in [0, 0.05) is 26.2 Å². The predicted molar refractivity (Wildman–Crippen MR) is 32.3 cm³/mol. The Balaban J connectivity index is 2.44. The Kier molecular flexibility index (Phi) is 1.42. The van der Waals surface area contributed by atoms with Crippen LogP contribution < -0.4 is 0 Å². The highest BCUT2D eigenvalue weighted by Gasteiger charge is 2.06. The Hall–Kier alpha value is -0.660. The first kappa shape index (κ1) is 5.48. The fraction of sp³-hybridized carbons (Fsp3) is 0.667. The molecule has 1 rings (SSSR count). The fourth-order valence-electron chi connectivity index (χ4n) is 0.816. The fourth-order valence-corrected chi connectivity index (χ4v) is 0.816. The maximum absolute atomic E-state index is 5.00. The Morgan fingerprint density at radius 3 is 2.75 bits per heavy atom. The van der Waals surface area contributed by atoms with Crippen molar-refractivity contribution in [3.8, 4) is 0 Å². The van der Waals surface area contributed by atoms with Gasteiger partial charge in [0.1, 0.15) is 5.76 Å². The van der Waals surface area contributed by atoms with E-state index >= 15 is 0 Å². The van der Waals surface area contributed by atoms with E-state index < -0.39 is 0 Å². The molecule has 0 spiro atoms. The molecule has 0 saturated carbocycles. The van der Waals surface area contributed by atoms with Gasteiger partial charge >= 0.3 is 0 Å². The van der Waals surface area contributed by atoms with Crippen molar-refractivity contribution >= 4 is 0 Å². The maximum atomic E-state index is 5.00. The zero-order chi connectivity index (χ0) is 5.98. The van der Waals surface area contributed by atoms with Crippen LogP contribution >= 0.6 is 0 Å². The summed E-state index contributed by atoms with van der Waals surface area (Å²) >= 11 is 0. The summed E-state index contributed by atoms with van der Waals surface area (Å²) in [6, 6.07) is 0. The molecule has 0 fully saturated rings. The van der Waals surface area contributed by atoms with Crippen molar-refractivity contribution in [1.82, 2.24) is 4.90 Å². The molecule has 0 aliphatic carbocycles. The first-order chi connectivity index (χ1) is 3.83. The molecule has 0 amide bonds. The highest BCUT2D eigenvalue weighted by Crippen LogP contribution is 2.11. The highest BCUT2D eigenvalue weighted by molar-refractivity contribution is 4.98. The third kappa shape index (κ3) is 0.941. The monoisotopic (exact) mass is 113 g/mol. The molecular weight excluding hydrogens is 102 g/mol. The third-order valence-corrected chi connectivity index (χ3v) is 1.34. The van der Waals surface area contributed by atoms with E-state index in [4.69, 9.17) is 4.74 Å². The van der Waals surface area contributed by atoms with Gasteiger partial charge in [-0.2, -0.15) is 0 Å². The Morgan fingerprint density at radius 2 is 2.50 bits per heavy atom. The predicted octanol–water partition coefficient (Wildman–Crippen LogP) is 0.810. The normalized spacial score (nSPS) is 18.8. The Labute approximate surface area is 49.7 Å². The van der Waals surface area contributed by atoms with Gasteiger partial charge in [-0.25, -0.2) is 0 Å². The zero-order valence-electron chi connectivity index (χ0n) is 5.35. The van der Waals surface area contributed by atoms with Crippen LogP contribution in [0.15, 0.2) is 12.0 Å². The smallest absolute Gasteiger partial charge is 0.113 e. The Bertz CT molecular complexity index is 109. The van der Waals surface area contributed by atoms with E-state index in [9.17, 15) is 0 Å². The van der Waals surface area contributed by atoms with E-state index in [0.717, 1.165) is 18.7 Å². The second-order valence-corrected chi connectivity index (χ2v) is 2.03. The van der Waals surface area contributed by atoms with Gasteiger partial charge in [0.15, 0.2) is 0 Å². The molecule has 0 aromatic rings. The second-order valence-electron chi connectivity index (χ2n) is 2.03. The lowest BCUT2D eigenvalue weighted by Gasteiger charge is -2.01. The van der Waals surface area contributed by atoms with Crippen LogP contribution in [-0.2, 0) is 4.74 Å². The summed E-state index contributed by atoms with van der Waals surface area (Å²) in [4.78, 5) is 2.12. The van der Waals surface area contributed by atoms with Gasteiger partial charge in [-0.1, -0.05) is 0 Å². The number of rotatable bonds is 1. The summed E-state index contributed by atoms with van der Waals surface area (Å²) in [6.07, 6.45) is 3.09. The average molecular weight is 113 g/mol. The molecule has 1 aliphatic heterocycles. The lowest BCUT2D eigenvalue weighted by molar-refractivity contribution is 0.284. The van der Waals surface area contributed by atoms with Crippen molar-refractivity contribution in [2.75, 3.05) is 20.7 Å². The van der Waals surface area contributed by atoms with Gasteiger partial charge < -0.3 is 9.64 Å². The van der Waals surface area contributed by atoms with Crippen LogP contribution in [0.4, 0.5) is 0 Å². The van der Waals surface area contributed by atoms with E-state index in [-0.39, 0.29) is 0 Å². The van der Waals surface area contributed by atoms with Gasteiger partial charge in [0.25, 0.3) is 0 Å². The van der Waals surface area contributed by atoms with Gasteiger partial charge in [-0.3, -0.25) is 0 Å². The molecule has 2 nitrogen and oxygen atoms in total. The number of nitrogens with zero attached hydrogens (tertiary/aromatic N) is 1. The minimum Gasteiger partial charge on any atom is -0.500 e. The highest BCUT2D eigenvalue weighted by atomic mass is 16.5. The maximum Gasteiger partial charge on any atom is 0.113 e. The van der Waals surface area contributed by atoms with Crippen LogP contribution in [0.3, 0.4) is 0 Å². The summed E-state index contributed by atoms with van der Waals surface area (Å²) < 4.78 is 5.00. The average Bonchev–Trinajstić information content (AvgIpc) is 2.14. The molecule has 0 N–H and O–H groups in total. The number of ether oxygens (including phenoxy) is 1. The summed E-state index contributed by atoms with van der Waals surface area (Å²) in [5, 5.41) is 0. The van der Waals surface area contributed by atoms with E-state index in [1.165, 1.54) is 0 Å². The second kappa shape index (κ2) is 2.07.